The van der Waals surface area contributed by atoms with Crippen LogP contribution in [0.25, 0.3) is 0 Å². The zero-order chi connectivity index (χ0) is 20.0. The molecule has 0 bridgehead atoms. The van der Waals surface area contributed by atoms with Crippen LogP contribution >= 0.6 is 15.9 Å². The molecule has 0 radical (unpaired) electrons. The average molecular weight is 438 g/mol. The van der Waals surface area contributed by atoms with Gasteiger partial charge in [0.05, 0.1) is 11.1 Å². The maximum absolute atomic E-state index is 12.8. The van der Waals surface area contributed by atoms with Crippen molar-refractivity contribution in [3.8, 4) is 11.5 Å². The van der Waals surface area contributed by atoms with Gasteiger partial charge in [-0.25, -0.2) is 0 Å². The van der Waals surface area contributed by atoms with E-state index >= 15 is 0 Å². The first-order valence-corrected chi connectivity index (χ1v) is 9.01. The minimum absolute atomic E-state index is 0.0300. The lowest BCUT2D eigenvalue weighted by molar-refractivity contribution is 0.0972. The van der Waals surface area contributed by atoms with Crippen LogP contribution in [0.4, 0.5) is 5.69 Å². The summed E-state index contributed by atoms with van der Waals surface area (Å²) in [6.07, 6.45) is 0. The van der Waals surface area contributed by atoms with Crippen LogP contribution in [0.2, 0.25) is 0 Å². The molecule has 7 heteroatoms. The molecule has 4 rings (SSSR count). The number of phenols is 2. The molecule has 0 fully saturated rings. The lowest BCUT2D eigenvalue weighted by atomic mass is 9.82. The van der Waals surface area contributed by atoms with Crippen LogP contribution in [0.3, 0.4) is 0 Å². The zero-order valence-electron chi connectivity index (χ0n) is 14.2. The van der Waals surface area contributed by atoms with Crippen molar-refractivity contribution in [3.05, 3.63) is 86.9 Å². The molecule has 6 nitrogen and oxygen atoms in total. The summed E-state index contributed by atoms with van der Waals surface area (Å²) >= 11 is 3.30. The van der Waals surface area contributed by atoms with E-state index in [0.29, 0.717) is 5.69 Å². The van der Waals surface area contributed by atoms with E-state index in [4.69, 9.17) is 0 Å². The summed E-state index contributed by atoms with van der Waals surface area (Å²) < 4.78 is 0.850. The third-order valence-corrected chi connectivity index (χ3v) is 5.00. The highest BCUT2D eigenvalue weighted by atomic mass is 79.9. The number of carbonyl (C=O) groups is 3. The standard InChI is InChI=1S/C21H12BrNO5/c22-11-4-6-12(7-5-11)23-21(28)10-8-14-18(16(25)9-10)20(27)17-13(19(14)26)2-1-3-15(17)24/h1-9,24-25H,(H,23,28). The number of aromatic hydroxyl groups is 2. The second-order valence-electron chi connectivity index (χ2n) is 6.24. The van der Waals surface area contributed by atoms with Crippen LogP contribution in [-0.4, -0.2) is 27.7 Å². The zero-order valence-corrected chi connectivity index (χ0v) is 15.8. The molecule has 0 aliphatic heterocycles. The summed E-state index contributed by atoms with van der Waals surface area (Å²) in [7, 11) is 0. The Morgan fingerprint density at radius 1 is 0.821 bits per heavy atom. The third-order valence-electron chi connectivity index (χ3n) is 4.47. The Labute approximate surface area is 167 Å². The predicted octanol–water partition coefficient (Wildman–Crippen LogP) is 3.89. The SMILES string of the molecule is O=C(Nc1ccc(Br)cc1)c1cc(O)c2c(c1)C(=O)c1cccc(O)c1C2=O. The highest BCUT2D eigenvalue weighted by molar-refractivity contribution is 9.10. The number of rotatable bonds is 2. The van der Waals surface area contributed by atoms with Gasteiger partial charge in [-0.3, -0.25) is 14.4 Å². The number of halogens is 1. The smallest absolute Gasteiger partial charge is 0.255 e. The second kappa shape index (κ2) is 6.61. The molecule has 1 amide bonds. The molecule has 1 aliphatic rings. The predicted molar refractivity (Wildman–Crippen MR) is 105 cm³/mol. The van der Waals surface area contributed by atoms with E-state index in [1.165, 1.54) is 24.3 Å². The number of carbonyl (C=O) groups excluding carboxylic acids is 3. The van der Waals surface area contributed by atoms with E-state index in [1.54, 1.807) is 24.3 Å². The van der Waals surface area contributed by atoms with Crippen LogP contribution in [0.1, 0.15) is 42.2 Å². The van der Waals surface area contributed by atoms with Crippen molar-refractivity contribution in [2.75, 3.05) is 5.32 Å². The van der Waals surface area contributed by atoms with Gasteiger partial charge in [0.25, 0.3) is 5.91 Å². The van der Waals surface area contributed by atoms with Gasteiger partial charge in [0.15, 0.2) is 5.78 Å². The Balaban J connectivity index is 1.76. The highest BCUT2D eigenvalue weighted by Crippen LogP contribution is 2.37. The number of ketones is 2. The van der Waals surface area contributed by atoms with Crippen LogP contribution in [0.5, 0.6) is 11.5 Å². The molecule has 0 aromatic heterocycles. The first-order chi connectivity index (χ1) is 13.4. The first kappa shape index (κ1) is 17.9. The summed E-state index contributed by atoms with van der Waals surface area (Å²) in [5.74, 6) is -2.58. The molecule has 138 valence electrons. The molecular weight excluding hydrogens is 426 g/mol. The average Bonchev–Trinajstić information content (AvgIpc) is 2.67. The first-order valence-electron chi connectivity index (χ1n) is 8.22. The Bertz CT molecular complexity index is 1170. The van der Waals surface area contributed by atoms with Gasteiger partial charge >= 0.3 is 0 Å². The monoisotopic (exact) mass is 437 g/mol. The van der Waals surface area contributed by atoms with Crippen LogP contribution < -0.4 is 5.32 Å². The number of hydrogen-bond acceptors (Lipinski definition) is 5. The molecule has 0 saturated carbocycles. The maximum atomic E-state index is 12.8. The van der Waals surface area contributed by atoms with Gasteiger partial charge in [0.2, 0.25) is 5.78 Å². The van der Waals surface area contributed by atoms with Gasteiger partial charge in [-0.05, 0) is 42.5 Å². The molecule has 28 heavy (non-hydrogen) atoms. The molecule has 1 aliphatic carbocycles. The van der Waals surface area contributed by atoms with E-state index < -0.39 is 23.2 Å². The van der Waals surface area contributed by atoms with E-state index in [1.807, 2.05) is 0 Å². The van der Waals surface area contributed by atoms with E-state index in [2.05, 4.69) is 21.2 Å². The van der Waals surface area contributed by atoms with Gasteiger partial charge < -0.3 is 15.5 Å². The number of hydrogen-bond donors (Lipinski definition) is 3. The fourth-order valence-electron chi connectivity index (χ4n) is 3.15. The van der Waals surface area contributed by atoms with Gasteiger partial charge in [-0.1, -0.05) is 28.1 Å². The Hall–Kier alpha value is -3.45. The van der Waals surface area contributed by atoms with Crippen molar-refractivity contribution in [2.45, 2.75) is 0 Å². The number of fused-ring (bicyclic) bond motifs is 2. The number of phenolic OH excluding ortho intramolecular Hbond substituents is 2. The summed E-state index contributed by atoms with van der Waals surface area (Å²) in [5.41, 5.74) is 0.139. The van der Waals surface area contributed by atoms with Crippen molar-refractivity contribution < 1.29 is 24.6 Å². The molecule has 0 unspecified atom stereocenters. The topological polar surface area (TPSA) is 104 Å². The van der Waals surface area contributed by atoms with Gasteiger partial charge in [-0.15, -0.1) is 0 Å². The lowest BCUT2D eigenvalue weighted by Gasteiger charge is -2.20. The van der Waals surface area contributed by atoms with Crippen molar-refractivity contribution in [1.29, 1.82) is 0 Å². The molecule has 0 atom stereocenters. The minimum atomic E-state index is -0.667. The molecule has 3 N–H and O–H groups in total. The van der Waals surface area contributed by atoms with E-state index in [0.717, 1.165) is 10.5 Å². The Kier molecular flexibility index (Phi) is 4.24. The molecule has 0 heterocycles. The molecule has 3 aromatic carbocycles. The molecule has 3 aromatic rings. The molecule has 0 saturated heterocycles. The van der Waals surface area contributed by atoms with Gasteiger partial charge in [0, 0.05) is 26.9 Å². The number of anilines is 1. The summed E-state index contributed by atoms with van der Waals surface area (Å²) in [6.45, 7) is 0. The normalized spacial score (nSPS) is 12.3. The number of benzene rings is 3. The maximum Gasteiger partial charge on any atom is 0.255 e. The van der Waals surface area contributed by atoms with Gasteiger partial charge in [0.1, 0.15) is 11.5 Å². The third kappa shape index (κ3) is 2.86. The fourth-order valence-corrected chi connectivity index (χ4v) is 3.41. The van der Waals surface area contributed by atoms with Crippen molar-refractivity contribution >= 4 is 39.1 Å². The van der Waals surface area contributed by atoms with Crippen LogP contribution in [0.15, 0.2) is 59.1 Å². The molecule has 0 spiro atoms. The number of nitrogens with one attached hydrogen (secondary N) is 1. The minimum Gasteiger partial charge on any atom is -0.507 e. The summed E-state index contributed by atoms with van der Waals surface area (Å²) in [4.78, 5) is 38.1. The summed E-state index contributed by atoms with van der Waals surface area (Å²) in [5, 5.41) is 23.0. The largest absolute Gasteiger partial charge is 0.507 e. The Morgan fingerprint density at radius 2 is 1.50 bits per heavy atom. The second-order valence-corrected chi connectivity index (χ2v) is 7.15. The van der Waals surface area contributed by atoms with Crippen LogP contribution in [0, 0.1) is 0 Å². The lowest BCUT2D eigenvalue weighted by Crippen LogP contribution is -2.22. The number of amides is 1. The molecular formula is C21H12BrNO5. The summed E-state index contributed by atoms with van der Waals surface area (Å²) in [6, 6.07) is 13.5. The van der Waals surface area contributed by atoms with Crippen molar-refractivity contribution in [2.24, 2.45) is 0 Å². The highest BCUT2D eigenvalue weighted by Gasteiger charge is 2.35. The van der Waals surface area contributed by atoms with Crippen molar-refractivity contribution in [3.63, 3.8) is 0 Å². The van der Waals surface area contributed by atoms with Crippen LogP contribution in [-0.2, 0) is 0 Å². The Morgan fingerprint density at radius 3 is 2.21 bits per heavy atom. The van der Waals surface area contributed by atoms with E-state index in [-0.39, 0.29) is 33.6 Å². The van der Waals surface area contributed by atoms with Gasteiger partial charge in [-0.2, -0.15) is 0 Å². The quantitative estimate of drug-likeness (QED) is 0.441. The van der Waals surface area contributed by atoms with E-state index in [9.17, 15) is 24.6 Å². The fraction of sp³-hybridized carbons (Fsp3) is 0. The van der Waals surface area contributed by atoms with Crippen molar-refractivity contribution in [1.82, 2.24) is 0 Å².